The monoisotopic (exact) mass is 347 g/mol. The van der Waals surface area contributed by atoms with Gasteiger partial charge in [-0.2, -0.15) is 0 Å². The minimum atomic E-state index is 0.0587. The van der Waals surface area contributed by atoms with Crippen LogP contribution in [0, 0.1) is 5.92 Å². The molecule has 0 aliphatic carbocycles. The van der Waals surface area contributed by atoms with Gasteiger partial charge in [-0.3, -0.25) is 4.99 Å². The lowest BCUT2D eigenvalue weighted by molar-refractivity contribution is 0.0513. The van der Waals surface area contributed by atoms with Crippen molar-refractivity contribution in [1.29, 1.82) is 0 Å². The van der Waals surface area contributed by atoms with Gasteiger partial charge in [-0.1, -0.05) is 26.0 Å². The fourth-order valence-corrected chi connectivity index (χ4v) is 3.10. The van der Waals surface area contributed by atoms with E-state index in [4.69, 9.17) is 9.47 Å². The summed E-state index contributed by atoms with van der Waals surface area (Å²) < 4.78 is 10.9. The van der Waals surface area contributed by atoms with Crippen molar-refractivity contribution in [3.8, 4) is 5.75 Å². The molecule has 25 heavy (non-hydrogen) atoms. The number of guanidine groups is 1. The summed E-state index contributed by atoms with van der Waals surface area (Å²) in [4.78, 5) is 4.39. The Morgan fingerprint density at radius 2 is 1.84 bits per heavy atom. The van der Waals surface area contributed by atoms with Gasteiger partial charge in [-0.05, 0) is 43.4 Å². The van der Waals surface area contributed by atoms with E-state index in [1.807, 2.05) is 19.2 Å². The highest BCUT2D eigenvalue weighted by atomic mass is 16.5. The first-order valence-corrected chi connectivity index (χ1v) is 9.20. The first kappa shape index (κ1) is 19.6. The van der Waals surface area contributed by atoms with Crippen LogP contribution >= 0.6 is 0 Å². The van der Waals surface area contributed by atoms with E-state index >= 15 is 0 Å². The number of methoxy groups -OCH3 is 1. The molecule has 0 aromatic heterocycles. The van der Waals surface area contributed by atoms with Gasteiger partial charge in [0.25, 0.3) is 0 Å². The molecule has 1 saturated heterocycles. The number of rotatable bonds is 6. The number of nitrogens with zero attached hydrogens (tertiary/aromatic N) is 1. The minimum Gasteiger partial charge on any atom is -0.497 e. The van der Waals surface area contributed by atoms with Crippen molar-refractivity contribution in [1.82, 2.24) is 10.6 Å². The van der Waals surface area contributed by atoms with Gasteiger partial charge >= 0.3 is 0 Å². The average molecular weight is 348 g/mol. The van der Waals surface area contributed by atoms with E-state index in [1.54, 1.807) is 7.11 Å². The molecule has 2 N–H and O–H groups in total. The first-order chi connectivity index (χ1) is 12.0. The SMILES string of the molecule is CN=C(NCC1(c2ccc(OC)cc2)CCOCC1)NC(C)C(C)C. The Morgan fingerprint density at radius 3 is 2.36 bits per heavy atom. The summed E-state index contributed by atoms with van der Waals surface area (Å²) in [7, 11) is 3.53. The van der Waals surface area contributed by atoms with Crippen LogP contribution in [0.2, 0.25) is 0 Å². The number of benzene rings is 1. The van der Waals surface area contributed by atoms with Crippen LogP contribution in [0.15, 0.2) is 29.3 Å². The van der Waals surface area contributed by atoms with Crippen molar-refractivity contribution in [3.05, 3.63) is 29.8 Å². The van der Waals surface area contributed by atoms with Crippen molar-refractivity contribution in [2.75, 3.05) is 33.9 Å². The second kappa shape index (κ2) is 9.09. The van der Waals surface area contributed by atoms with E-state index < -0.39 is 0 Å². The molecule has 0 bridgehead atoms. The standard InChI is InChI=1S/C20H33N3O2/c1-15(2)16(3)23-19(21-4)22-14-20(10-12-25-13-11-20)17-6-8-18(24-5)9-7-17/h6-9,15-16H,10-14H2,1-5H3,(H2,21,22,23). The van der Waals surface area contributed by atoms with Crippen LogP contribution < -0.4 is 15.4 Å². The number of hydrogen-bond donors (Lipinski definition) is 2. The van der Waals surface area contributed by atoms with Crippen molar-refractivity contribution in [2.45, 2.75) is 45.1 Å². The Labute approximate surface area is 152 Å². The molecular formula is C20H33N3O2. The predicted octanol–water partition coefficient (Wildman–Crippen LogP) is 2.95. The zero-order valence-electron chi connectivity index (χ0n) is 16.3. The molecule has 5 nitrogen and oxygen atoms in total. The Kier molecular flexibility index (Phi) is 7.12. The van der Waals surface area contributed by atoms with Gasteiger partial charge in [0.2, 0.25) is 0 Å². The maximum absolute atomic E-state index is 5.62. The lowest BCUT2D eigenvalue weighted by atomic mass is 9.74. The molecule has 1 heterocycles. The Hall–Kier alpha value is -1.75. The third kappa shape index (κ3) is 5.11. The van der Waals surface area contributed by atoms with Crippen molar-refractivity contribution in [2.24, 2.45) is 10.9 Å². The topological polar surface area (TPSA) is 54.9 Å². The second-order valence-electron chi connectivity index (χ2n) is 7.22. The van der Waals surface area contributed by atoms with E-state index in [0.717, 1.165) is 44.3 Å². The second-order valence-corrected chi connectivity index (χ2v) is 7.22. The highest BCUT2D eigenvalue weighted by molar-refractivity contribution is 5.80. The number of ether oxygens (including phenoxy) is 2. The molecule has 1 aromatic rings. The molecule has 0 radical (unpaired) electrons. The molecule has 0 spiro atoms. The van der Waals surface area contributed by atoms with Crippen molar-refractivity contribution >= 4 is 5.96 Å². The van der Waals surface area contributed by atoms with Crippen LogP contribution in [0.3, 0.4) is 0 Å². The molecule has 140 valence electrons. The van der Waals surface area contributed by atoms with E-state index in [1.165, 1.54) is 5.56 Å². The summed E-state index contributed by atoms with van der Waals surface area (Å²) >= 11 is 0. The molecule has 1 fully saturated rings. The molecule has 2 rings (SSSR count). The van der Waals surface area contributed by atoms with E-state index in [0.29, 0.717) is 12.0 Å². The predicted molar refractivity (Wildman–Crippen MR) is 104 cm³/mol. The van der Waals surface area contributed by atoms with Gasteiger partial charge < -0.3 is 20.1 Å². The van der Waals surface area contributed by atoms with Gasteiger partial charge in [-0.15, -0.1) is 0 Å². The van der Waals surface area contributed by atoms with Gasteiger partial charge in [0.1, 0.15) is 5.75 Å². The summed E-state index contributed by atoms with van der Waals surface area (Å²) in [5, 5.41) is 7.03. The average Bonchev–Trinajstić information content (AvgIpc) is 2.65. The molecule has 1 aliphatic heterocycles. The third-order valence-electron chi connectivity index (χ3n) is 5.33. The molecular weight excluding hydrogens is 314 g/mol. The Bertz CT molecular complexity index is 549. The summed E-state index contributed by atoms with van der Waals surface area (Å²) in [5.41, 5.74) is 1.39. The van der Waals surface area contributed by atoms with Crippen molar-refractivity contribution < 1.29 is 9.47 Å². The molecule has 1 atom stereocenters. The third-order valence-corrected chi connectivity index (χ3v) is 5.33. The molecule has 1 unspecified atom stereocenters. The van der Waals surface area contributed by atoms with Gasteiger partial charge in [0.15, 0.2) is 5.96 Å². The molecule has 0 amide bonds. The number of nitrogens with one attached hydrogen (secondary N) is 2. The van der Waals surface area contributed by atoms with Gasteiger partial charge in [0.05, 0.1) is 7.11 Å². The molecule has 1 aliphatic rings. The van der Waals surface area contributed by atoms with E-state index in [9.17, 15) is 0 Å². The van der Waals surface area contributed by atoms with Crippen LogP contribution in [-0.4, -0.2) is 45.9 Å². The van der Waals surface area contributed by atoms with Crippen molar-refractivity contribution in [3.63, 3.8) is 0 Å². The lowest BCUT2D eigenvalue weighted by Gasteiger charge is -2.38. The summed E-state index contributed by atoms with van der Waals surface area (Å²) in [6, 6.07) is 8.82. The summed E-state index contributed by atoms with van der Waals surface area (Å²) in [5.74, 6) is 2.31. The Balaban J connectivity index is 2.11. The van der Waals surface area contributed by atoms with E-state index in [-0.39, 0.29) is 5.41 Å². The minimum absolute atomic E-state index is 0.0587. The quantitative estimate of drug-likeness (QED) is 0.614. The molecule has 1 aromatic carbocycles. The molecule has 0 saturated carbocycles. The fraction of sp³-hybridized carbons (Fsp3) is 0.650. The normalized spacial score (nSPS) is 18.7. The first-order valence-electron chi connectivity index (χ1n) is 9.20. The maximum atomic E-state index is 5.62. The highest BCUT2D eigenvalue weighted by Crippen LogP contribution is 2.35. The molecule has 5 heteroatoms. The number of aliphatic imine (C=N–C) groups is 1. The zero-order valence-corrected chi connectivity index (χ0v) is 16.3. The van der Waals surface area contributed by atoms with Gasteiger partial charge in [0, 0.05) is 38.3 Å². The lowest BCUT2D eigenvalue weighted by Crippen LogP contribution is -2.50. The summed E-state index contributed by atoms with van der Waals surface area (Å²) in [6.45, 7) is 9.03. The maximum Gasteiger partial charge on any atom is 0.191 e. The van der Waals surface area contributed by atoms with Crippen LogP contribution in [0.4, 0.5) is 0 Å². The number of hydrogen-bond acceptors (Lipinski definition) is 3. The van der Waals surface area contributed by atoms with Crippen LogP contribution in [0.25, 0.3) is 0 Å². The fourth-order valence-electron chi connectivity index (χ4n) is 3.10. The smallest absolute Gasteiger partial charge is 0.191 e. The van der Waals surface area contributed by atoms with Crippen LogP contribution in [0.1, 0.15) is 39.2 Å². The van der Waals surface area contributed by atoms with Crippen LogP contribution in [-0.2, 0) is 10.2 Å². The summed E-state index contributed by atoms with van der Waals surface area (Å²) in [6.07, 6.45) is 2.01. The van der Waals surface area contributed by atoms with Crippen LogP contribution in [0.5, 0.6) is 5.75 Å². The van der Waals surface area contributed by atoms with Gasteiger partial charge in [-0.25, -0.2) is 0 Å². The largest absolute Gasteiger partial charge is 0.497 e. The Morgan fingerprint density at radius 1 is 1.20 bits per heavy atom. The highest BCUT2D eigenvalue weighted by Gasteiger charge is 2.34. The van der Waals surface area contributed by atoms with E-state index in [2.05, 4.69) is 48.5 Å². The zero-order chi connectivity index (χ0) is 18.3.